The highest BCUT2D eigenvalue weighted by atomic mass is 79.9. The van der Waals surface area contributed by atoms with Gasteiger partial charge in [0.15, 0.2) is 0 Å². The minimum Gasteiger partial charge on any atom is -0.377 e. The molecular weight excluding hydrogens is 466 g/mol. The van der Waals surface area contributed by atoms with Gasteiger partial charge in [-0.25, -0.2) is 0 Å². The van der Waals surface area contributed by atoms with Gasteiger partial charge in [-0.3, -0.25) is 0 Å². The molecule has 1 N–H and O–H groups in total. The van der Waals surface area contributed by atoms with Crippen molar-refractivity contribution in [3.8, 4) is 0 Å². The quantitative estimate of drug-likeness (QED) is 0.480. The predicted molar refractivity (Wildman–Crippen MR) is 99.8 cm³/mol. The zero-order chi connectivity index (χ0) is 14.7. The molecule has 1 atom stereocenters. The van der Waals surface area contributed by atoms with Gasteiger partial charge in [0.2, 0.25) is 0 Å². The van der Waals surface area contributed by atoms with Crippen LogP contribution in [0.25, 0.3) is 0 Å². The number of hydrogen-bond donors (Lipinski definition) is 1. The van der Waals surface area contributed by atoms with Crippen LogP contribution in [0.15, 0.2) is 54.7 Å². The van der Waals surface area contributed by atoms with E-state index in [4.69, 9.17) is 0 Å². The Bertz CT molecular complexity index is 576. The van der Waals surface area contributed by atoms with E-state index in [1.807, 2.05) is 12.1 Å². The molecule has 0 aliphatic carbocycles. The number of rotatable bonds is 4. The van der Waals surface area contributed by atoms with Gasteiger partial charge in [-0.15, -0.1) is 11.8 Å². The highest BCUT2D eigenvalue weighted by Crippen LogP contribution is 2.36. The number of benzene rings is 2. The summed E-state index contributed by atoms with van der Waals surface area (Å²) in [6, 6.07) is 13.0. The lowest BCUT2D eigenvalue weighted by atomic mass is 10.1. The van der Waals surface area contributed by atoms with Gasteiger partial charge in [0.1, 0.15) is 0 Å². The molecule has 2 rings (SSSR count). The van der Waals surface area contributed by atoms with Gasteiger partial charge in [-0.1, -0.05) is 28.1 Å². The fraction of sp³-hybridized carbons (Fsp3) is 0.200. The Morgan fingerprint density at radius 2 is 1.55 bits per heavy atom. The molecule has 0 heterocycles. The van der Waals surface area contributed by atoms with Crippen LogP contribution in [0.5, 0.6) is 0 Å². The largest absolute Gasteiger partial charge is 0.377 e. The van der Waals surface area contributed by atoms with E-state index in [0.717, 1.165) is 19.1 Å². The van der Waals surface area contributed by atoms with Crippen molar-refractivity contribution in [2.24, 2.45) is 0 Å². The second kappa shape index (κ2) is 7.34. The Morgan fingerprint density at radius 3 is 2.05 bits per heavy atom. The molecule has 1 nitrogen and oxygen atoms in total. The summed E-state index contributed by atoms with van der Waals surface area (Å²) in [6.45, 7) is 2.16. The van der Waals surface area contributed by atoms with E-state index in [2.05, 4.69) is 90.6 Å². The van der Waals surface area contributed by atoms with Crippen LogP contribution in [0.3, 0.4) is 0 Å². The molecule has 1 unspecified atom stereocenters. The summed E-state index contributed by atoms with van der Waals surface area (Å²) < 4.78 is 3.11. The topological polar surface area (TPSA) is 12.0 Å². The van der Waals surface area contributed by atoms with Crippen molar-refractivity contribution < 1.29 is 0 Å². The van der Waals surface area contributed by atoms with E-state index in [1.54, 1.807) is 11.8 Å². The normalized spacial score (nSPS) is 12.2. The van der Waals surface area contributed by atoms with Crippen LogP contribution in [-0.4, -0.2) is 6.26 Å². The molecule has 0 amide bonds. The Morgan fingerprint density at radius 1 is 1.00 bits per heavy atom. The third-order valence-electron chi connectivity index (χ3n) is 2.98. The zero-order valence-electron chi connectivity index (χ0n) is 11.1. The van der Waals surface area contributed by atoms with Gasteiger partial charge < -0.3 is 5.32 Å². The molecule has 0 aliphatic rings. The minimum absolute atomic E-state index is 0.236. The number of anilines is 1. The maximum absolute atomic E-state index is 3.60. The van der Waals surface area contributed by atoms with Crippen LogP contribution < -0.4 is 5.32 Å². The van der Waals surface area contributed by atoms with E-state index >= 15 is 0 Å². The van der Waals surface area contributed by atoms with Crippen LogP contribution in [0, 0.1) is 0 Å². The summed E-state index contributed by atoms with van der Waals surface area (Å²) in [4.78, 5) is 1.28. The van der Waals surface area contributed by atoms with Gasteiger partial charge in [0, 0.05) is 24.4 Å². The second-order valence-electron chi connectivity index (χ2n) is 4.38. The van der Waals surface area contributed by atoms with E-state index in [9.17, 15) is 0 Å². The van der Waals surface area contributed by atoms with Gasteiger partial charge in [0.05, 0.1) is 5.69 Å². The van der Waals surface area contributed by atoms with Crippen LogP contribution in [0.4, 0.5) is 5.69 Å². The van der Waals surface area contributed by atoms with Crippen molar-refractivity contribution in [1.29, 1.82) is 0 Å². The van der Waals surface area contributed by atoms with E-state index in [0.29, 0.717) is 0 Å². The Kier molecular flexibility index (Phi) is 6.02. The van der Waals surface area contributed by atoms with E-state index in [-0.39, 0.29) is 6.04 Å². The molecule has 0 radical (unpaired) electrons. The first-order chi connectivity index (χ1) is 9.51. The summed E-state index contributed by atoms with van der Waals surface area (Å²) in [5.41, 5.74) is 2.33. The molecule has 0 fully saturated rings. The van der Waals surface area contributed by atoms with Gasteiger partial charge >= 0.3 is 0 Å². The van der Waals surface area contributed by atoms with E-state index in [1.165, 1.54) is 10.5 Å². The average Bonchev–Trinajstić information content (AvgIpc) is 2.42. The van der Waals surface area contributed by atoms with Crippen LogP contribution in [0.1, 0.15) is 18.5 Å². The summed E-state index contributed by atoms with van der Waals surface area (Å²) in [5.74, 6) is 0. The van der Waals surface area contributed by atoms with Crippen LogP contribution in [-0.2, 0) is 0 Å². The third kappa shape index (κ3) is 4.03. The van der Waals surface area contributed by atoms with Gasteiger partial charge in [-0.2, -0.15) is 0 Å². The fourth-order valence-corrected chi connectivity index (χ4v) is 4.77. The first-order valence-corrected chi connectivity index (χ1v) is 9.66. The molecule has 0 aromatic heterocycles. The summed E-state index contributed by atoms with van der Waals surface area (Å²) in [6.07, 6.45) is 2.09. The highest BCUT2D eigenvalue weighted by molar-refractivity contribution is 9.11. The molecule has 2 aromatic rings. The van der Waals surface area contributed by atoms with Gasteiger partial charge in [0.25, 0.3) is 0 Å². The molecule has 2 aromatic carbocycles. The molecule has 5 heteroatoms. The Hall–Kier alpha value is 0.0300. The molecule has 0 spiro atoms. The third-order valence-corrected chi connectivity index (χ3v) is 5.44. The Labute approximate surface area is 149 Å². The predicted octanol–water partition coefficient (Wildman–Crippen LogP) is 6.87. The van der Waals surface area contributed by atoms with Crippen molar-refractivity contribution in [3.63, 3.8) is 0 Å². The molecule has 0 bridgehead atoms. The van der Waals surface area contributed by atoms with Crippen molar-refractivity contribution in [3.05, 3.63) is 55.4 Å². The lowest BCUT2D eigenvalue weighted by molar-refractivity contribution is 0.880. The van der Waals surface area contributed by atoms with Crippen LogP contribution in [0.2, 0.25) is 0 Å². The Balaban J connectivity index is 2.20. The van der Waals surface area contributed by atoms with E-state index < -0.39 is 0 Å². The molecular formula is C15H14Br3NS. The average molecular weight is 480 g/mol. The van der Waals surface area contributed by atoms with Gasteiger partial charge in [-0.05, 0) is 74.9 Å². The number of thioether (sulfide) groups is 1. The first kappa shape index (κ1) is 16.4. The summed E-state index contributed by atoms with van der Waals surface area (Å²) >= 11 is 12.4. The standard InChI is InChI=1S/C15H14Br3NS/c1-9(10-3-5-12(20-2)6-4-10)19-15-13(17)7-11(16)8-14(15)18/h3-9,19H,1-2H3. The maximum Gasteiger partial charge on any atom is 0.0634 e. The number of halogens is 3. The molecule has 106 valence electrons. The minimum atomic E-state index is 0.236. The van der Waals surface area contributed by atoms with Crippen molar-refractivity contribution in [2.45, 2.75) is 17.9 Å². The van der Waals surface area contributed by atoms with Crippen molar-refractivity contribution in [2.75, 3.05) is 11.6 Å². The second-order valence-corrected chi connectivity index (χ2v) is 7.89. The smallest absolute Gasteiger partial charge is 0.0634 e. The molecule has 0 saturated heterocycles. The highest BCUT2D eigenvalue weighted by Gasteiger charge is 2.11. The lowest BCUT2D eigenvalue weighted by Crippen LogP contribution is -2.07. The van der Waals surface area contributed by atoms with Crippen LogP contribution >= 0.6 is 59.6 Å². The number of hydrogen-bond acceptors (Lipinski definition) is 2. The van der Waals surface area contributed by atoms with Crippen molar-refractivity contribution in [1.82, 2.24) is 0 Å². The lowest BCUT2D eigenvalue weighted by Gasteiger charge is -2.18. The molecule has 0 saturated carbocycles. The summed E-state index contributed by atoms with van der Waals surface area (Å²) in [5, 5.41) is 3.54. The van der Waals surface area contributed by atoms with Crippen molar-refractivity contribution >= 4 is 65.2 Å². The fourth-order valence-electron chi connectivity index (χ4n) is 1.87. The monoisotopic (exact) mass is 477 g/mol. The maximum atomic E-state index is 3.60. The first-order valence-electron chi connectivity index (χ1n) is 6.06. The zero-order valence-corrected chi connectivity index (χ0v) is 16.7. The number of nitrogens with one attached hydrogen (secondary N) is 1. The molecule has 20 heavy (non-hydrogen) atoms. The summed E-state index contributed by atoms with van der Waals surface area (Å²) in [7, 11) is 0. The molecule has 0 aliphatic heterocycles. The SMILES string of the molecule is CSc1ccc(C(C)Nc2c(Br)cc(Br)cc2Br)cc1.